The summed E-state index contributed by atoms with van der Waals surface area (Å²) >= 11 is 0. The normalized spacial score (nSPS) is 10.3. The van der Waals surface area contributed by atoms with Crippen molar-refractivity contribution in [3.8, 4) is 23.3 Å². The summed E-state index contributed by atoms with van der Waals surface area (Å²) in [6.45, 7) is -0.184. The minimum Gasteiger partial charge on any atom is -0.457 e. The molecule has 0 saturated carbocycles. The average molecular weight is 283 g/mol. The van der Waals surface area contributed by atoms with Crippen LogP contribution in [0.15, 0.2) is 65.3 Å². The van der Waals surface area contributed by atoms with Crippen molar-refractivity contribution in [2.45, 2.75) is 6.61 Å². The van der Waals surface area contributed by atoms with Gasteiger partial charge in [-0.3, -0.25) is 0 Å². The van der Waals surface area contributed by atoms with Gasteiger partial charge in [0, 0.05) is 0 Å². The predicted molar refractivity (Wildman–Crippen MR) is 75.5 cm³/mol. The first-order valence-corrected chi connectivity index (χ1v) is 6.39. The SMILES string of the molecule is OCc1coc(Oc2ccc(Oc3ccccc3)cc2)n1. The molecule has 0 unspecified atom stereocenters. The number of aromatic nitrogens is 1. The number of ether oxygens (including phenoxy) is 2. The van der Waals surface area contributed by atoms with Gasteiger partial charge in [-0.2, -0.15) is 4.98 Å². The summed E-state index contributed by atoms with van der Waals surface area (Å²) in [6.07, 6.45) is 1.44. The molecule has 0 fully saturated rings. The number of hydrogen-bond donors (Lipinski definition) is 1. The molecule has 5 heteroatoms. The number of nitrogens with zero attached hydrogens (tertiary/aromatic N) is 1. The zero-order valence-electron chi connectivity index (χ0n) is 11.1. The molecule has 21 heavy (non-hydrogen) atoms. The third-order valence-electron chi connectivity index (χ3n) is 2.70. The summed E-state index contributed by atoms with van der Waals surface area (Å²) in [6, 6.07) is 16.6. The van der Waals surface area contributed by atoms with Crippen LogP contribution in [0.25, 0.3) is 0 Å². The maximum Gasteiger partial charge on any atom is 0.399 e. The van der Waals surface area contributed by atoms with Crippen LogP contribution in [0.2, 0.25) is 0 Å². The van der Waals surface area contributed by atoms with Crippen LogP contribution in [0.1, 0.15) is 5.69 Å². The molecule has 3 aromatic rings. The molecule has 0 amide bonds. The number of hydrogen-bond acceptors (Lipinski definition) is 5. The van der Waals surface area contributed by atoms with Crippen molar-refractivity contribution < 1.29 is 19.0 Å². The Balaban J connectivity index is 1.66. The first kappa shape index (κ1) is 13.2. The highest BCUT2D eigenvalue weighted by Gasteiger charge is 2.06. The second kappa shape index (κ2) is 6.11. The van der Waals surface area contributed by atoms with Gasteiger partial charge in [0.05, 0.1) is 6.61 Å². The fourth-order valence-corrected chi connectivity index (χ4v) is 1.71. The Bertz CT molecular complexity index is 692. The summed E-state index contributed by atoms with van der Waals surface area (Å²) in [5.41, 5.74) is 0.425. The van der Waals surface area contributed by atoms with Gasteiger partial charge < -0.3 is 19.0 Å². The Labute approximate surface area is 121 Å². The van der Waals surface area contributed by atoms with Gasteiger partial charge in [0.15, 0.2) is 0 Å². The van der Waals surface area contributed by atoms with E-state index >= 15 is 0 Å². The van der Waals surface area contributed by atoms with E-state index in [-0.39, 0.29) is 12.7 Å². The van der Waals surface area contributed by atoms with E-state index in [0.29, 0.717) is 17.2 Å². The van der Waals surface area contributed by atoms with Gasteiger partial charge in [-0.1, -0.05) is 18.2 Å². The molecule has 1 aromatic heterocycles. The molecule has 0 bridgehead atoms. The molecular weight excluding hydrogens is 270 g/mol. The molecule has 0 saturated heterocycles. The Morgan fingerprint density at radius 1 is 0.857 bits per heavy atom. The standard InChI is InChI=1S/C16H13NO4/c18-10-12-11-19-16(17-12)21-15-8-6-14(7-9-15)20-13-4-2-1-3-5-13/h1-9,11,18H,10H2. The van der Waals surface area contributed by atoms with Crippen molar-refractivity contribution in [1.82, 2.24) is 4.98 Å². The lowest BCUT2D eigenvalue weighted by Gasteiger charge is -2.06. The Morgan fingerprint density at radius 3 is 2.10 bits per heavy atom. The molecule has 0 radical (unpaired) electrons. The molecule has 1 heterocycles. The zero-order chi connectivity index (χ0) is 14.5. The van der Waals surface area contributed by atoms with Gasteiger partial charge in [0.1, 0.15) is 29.2 Å². The zero-order valence-corrected chi connectivity index (χ0v) is 11.1. The van der Waals surface area contributed by atoms with E-state index in [1.54, 1.807) is 24.3 Å². The van der Waals surface area contributed by atoms with E-state index in [9.17, 15) is 0 Å². The van der Waals surface area contributed by atoms with Crippen LogP contribution >= 0.6 is 0 Å². The van der Waals surface area contributed by atoms with Gasteiger partial charge >= 0.3 is 6.08 Å². The largest absolute Gasteiger partial charge is 0.457 e. The second-order valence-electron chi connectivity index (χ2n) is 4.25. The number of oxazole rings is 1. The van der Waals surface area contributed by atoms with Crippen LogP contribution in [0.3, 0.4) is 0 Å². The third kappa shape index (κ3) is 3.40. The van der Waals surface area contributed by atoms with E-state index in [2.05, 4.69) is 4.98 Å². The molecule has 5 nitrogen and oxygen atoms in total. The molecule has 106 valence electrons. The Hall–Kier alpha value is -2.79. The van der Waals surface area contributed by atoms with Crippen molar-refractivity contribution in [3.63, 3.8) is 0 Å². The topological polar surface area (TPSA) is 64.7 Å². The molecule has 0 aliphatic carbocycles. The molecule has 3 rings (SSSR count). The summed E-state index contributed by atoms with van der Waals surface area (Å²) in [7, 11) is 0. The Kier molecular flexibility index (Phi) is 3.84. The molecule has 0 aliphatic heterocycles. The van der Waals surface area contributed by atoms with E-state index in [1.807, 2.05) is 30.3 Å². The number of para-hydroxylation sites is 1. The third-order valence-corrected chi connectivity index (χ3v) is 2.70. The summed E-state index contributed by atoms with van der Waals surface area (Å²) in [5, 5.41) is 8.90. The van der Waals surface area contributed by atoms with Gasteiger partial charge in [-0.25, -0.2) is 0 Å². The van der Waals surface area contributed by atoms with Crippen LogP contribution in [-0.4, -0.2) is 10.1 Å². The lowest BCUT2D eigenvalue weighted by Crippen LogP contribution is -1.87. The quantitative estimate of drug-likeness (QED) is 0.772. The second-order valence-corrected chi connectivity index (χ2v) is 4.25. The number of rotatable bonds is 5. The monoisotopic (exact) mass is 283 g/mol. The molecular formula is C16H13NO4. The maximum atomic E-state index is 8.90. The minimum atomic E-state index is -0.184. The van der Waals surface area contributed by atoms with Crippen molar-refractivity contribution in [3.05, 3.63) is 66.6 Å². The summed E-state index contributed by atoms with van der Waals surface area (Å²) in [4.78, 5) is 3.94. The van der Waals surface area contributed by atoms with E-state index in [0.717, 1.165) is 5.75 Å². The lowest BCUT2D eigenvalue weighted by molar-refractivity contribution is 0.276. The highest BCUT2D eigenvalue weighted by Crippen LogP contribution is 2.26. The Morgan fingerprint density at radius 2 is 1.48 bits per heavy atom. The maximum absolute atomic E-state index is 8.90. The molecule has 0 aliphatic rings. The van der Waals surface area contributed by atoms with E-state index in [1.165, 1.54) is 6.26 Å². The fourth-order valence-electron chi connectivity index (χ4n) is 1.71. The first-order valence-electron chi connectivity index (χ1n) is 6.39. The van der Waals surface area contributed by atoms with Crippen molar-refractivity contribution >= 4 is 0 Å². The first-order chi connectivity index (χ1) is 10.3. The average Bonchev–Trinajstić information content (AvgIpc) is 2.98. The van der Waals surface area contributed by atoms with E-state index in [4.69, 9.17) is 19.0 Å². The van der Waals surface area contributed by atoms with Crippen LogP contribution in [0.5, 0.6) is 23.3 Å². The smallest absolute Gasteiger partial charge is 0.399 e. The number of benzene rings is 2. The van der Waals surface area contributed by atoms with Crippen molar-refractivity contribution in [2.75, 3.05) is 0 Å². The fraction of sp³-hybridized carbons (Fsp3) is 0.0625. The van der Waals surface area contributed by atoms with Gasteiger partial charge in [-0.05, 0) is 36.4 Å². The predicted octanol–water partition coefficient (Wildman–Crippen LogP) is 3.75. The number of aliphatic hydroxyl groups excluding tert-OH is 1. The molecule has 1 N–H and O–H groups in total. The van der Waals surface area contributed by atoms with E-state index < -0.39 is 0 Å². The minimum absolute atomic E-state index is 0.0933. The van der Waals surface area contributed by atoms with Gasteiger partial charge in [-0.15, -0.1) is 0 Å². The summed E-state index contributed by atoms with van der Waals surface area (Å²) in [5.74, 6) is 2.05. The van der Waals surface area contributed by atoms with Crippen molar-refractivity contribution in [2.24, 2.45) is 0 Å². The van der Waals surface area contributed by atoms with Crippen LogP contribution in [0, 0.1) is 0 Å². The molecule has 0 spiro atoms. The summed E-state index contributed by atoms with van der Waals surface area (Å²) < 4.78 is 16.2. The molecule has 2 aromatic carbocycles. The van der Waals surface area contributed by atoms with Crippen LogP contribution < -0.4 is 9.47 Å². The van der Waals surface area contributed by atoms with Gasteiger partial charge in [0.2, 0.25) is 0 Å². The van der Waals surface area contributed by atoms with Crippen LogP contribution in [-0.2, 0) is 6.61 Å². The highest BCUT2D eigenvalue weighted by atomic mass is 16.6. The van der Waals surface area contributed by atoms with Crippen LogP contribution in [0.4, 0.5) is 0 Å². The lowest BCUT2D eigenvalue weighted by atomic mass is 10.3. The van der Waals surface area contributed by atoms with Gasteiger partial charge in [0.25, 0.3) is 0 Å². The highest BCUT2D eigenvalue weighted by molar-refractivity contribution is 5.36. The van der Waals surface area contributed by atoms with Crippen molar-refractivity contribution in [1.29, 1.82) is 0 Å². The molecule has 0 atom stereocenters. The number of aliphatic hydroxyl groups is 1.